The predicted molar refractivity (Wildman–Crippen MR) is 81.2 cm³/mol. The third-order valence-electron chi connectivity index (χ3n) is 3.52. The van der Waals surface area contributed by atoms with Crippen molar-refractivity contribution < 1.29 is 0 Å². The van der Waals surface area contributed by atoms with E-state index in [1.807, 2.05) is 31.2 Å². The number of hydrogen-bond donors (Lipinski definition) is 0. The van der Waals surface area contributed by atoms with E-state index in [-0.39, 0.29) is 11.1 Å². The molecule has 0 spiro atoms. The van der Waals surface area contributed by atoms with Crippen molar-refractivity contribution in [3.8, 4) is 5.69 Å². The Morgan fingerprint density at radius 1 is 1.00 bits per heavy atom. The zero-order valence-corrected chi connectivity index (χ0v) is 12.1. The third-order valence-corrected chi connectivity index (χ3v) is 3.52. The summed E-state index contributed by atoms with van der Waals surface area (Å²) in [5, 5.41) is 12.2. The van der Waals surface area contributed by atoms with Crippen molar-refractivity contribution in [2.75, 3.05) is 0 Å². The van der Waals surface area contributed by atoms with Gasteiger partial charge in [0.05, 0.1) is 0 Å². The standard InChI is InChI=1S/C15H12N6O/c1-9-3-5-11(6-4-9)20-8-7-12-13(14(20)22)17-18-15-16-10(2)19-21(12)15/h3-8H,1-2H3. The highest BCUT2D eigenvalue weighted by Gasteiger charge is 2.12. The fourth-order valence-electron chi connectivity index (χ4n) is 2.41. The average Bonchev–Trinajstić information content (AvgIpc) is 2.89. The molecule has 0 bridgehead atoms. The van der Waals surface area contributed by atoms with E-state index in [1.54, 1.807) is 28.3 Å². The molecule has 4 aromatic rings. The van der Waals surface area contributed by atoms with Gasteiger partial charge in [-0.05, 0) is 32.0 Å². The molecule has 0 amide bonds. The number of aryl methyl sites for hydroxylation is 2. The molecule has 0 aliphatic heterocycles. The van der Waals surface area contributed by atoms with Crippen LogP contribution in [0.15, 0.2) is 41.3 Å². The van der Waals surface area contributed by atoms with E-state index in [0.717, 1.165) is 11.3 Å². The number of rotatable bonds is 1. The van der Waals surface area contributed by atoms with Crippen molar-refractivity contribution in [3.63, 3.8) is 0 Å². The smallest absolute Gasteiger partial charge is 0.282 e. The maximum Gasteiger partial charge on any atom is 0.285 e. The first-order chi connectivity index (χ1) is 10.6. The highest BCUT2D eigenvalue weighted by atomic mass is 16.1. The number of benzene rings is 1. The Morgan fingerprint density at radius 3 is 2.55 bits per heavy atom. The lowest BCUT2D eigenvalue weighted by atomic mass is 10.2. The fraction of sp³-hybridized carbons (Fsp3) is 0.133. The molecular formula is C15H12N6O. The van der Waals surface area contributed by atoms with Gasteiger partial charge in [0.15, 0.2) is 5.52 Å². The van der Waals surface area contributed by atoms with Crippen LogP contribution in [0.25, 0.3) is 22.5 Å². The molecule has 0 saturated heterocycles. The van der Waals surface area contributed by atoms with Crippen molar-refractivity contribution in [2.24, 2.45) is 0 Å². The second-order valence-electron chi connectivity index (χ2n) is 5.13. The van der Waals surface area contributed by atoms with Crippen LogP contribution >= 0.6 is 0 Å². The zero-order chi connectivity index (χ0) is 15.3. The summed E-state index contributed by atoms with van der Waals surface area (Å²) in [6.45, 7) is 3.77. The van der Waals surface area contributed by atoms with Crippen LogP contribution in [0, 0.1) is 13.8 Å². The van der Waals surface area contributed by atoms with Crippen LogP contribution in [0.2, 0.25) is 0 Å². The molecule has 0 unspecified atom stereocenters. The third kappa shape index (κ3) is 1.79. The summed E-state index contributed by atoms with van der Waals surface area (Å²) < 4.78 is 3.09. The number of pyridine rings is 1. The van der Waals surface area contributed by atoms with Crippen LogP contribution in [0.3, 0.4) is 0 Å². The molecule has 4 rings (SSSR count). The van der Waals surface area contributed by atoms with Gasteiger partial charge in [-0.25, -0.2) is 0 Å². The van der Waals surface area contributed by atoms with Crippen molar-refractivity contribution in [2.45, 2.75) is 13.8 Å². The van der Waals surface area contributed by atoms with E-state index in [9.17, 15) is 4.79 Å². The van der Waals surface area contributed by atoms with E-state index in [4.69, 9.17) is 0 Å². The Kier molecular flexibility index (Phi) is 2.56. The largest absolute Gasteiger partial charge is 0.285 e. The van der Waals surface area contributed by atoms with Crippen molar-refractivity contribution >= 4 is 16.8 Å². The maximum atomic E-state index is 12.7. The van der Waals surface area contributed by atoms with Gasteiger partial charge >= 0.3 is 0 Å². The molecule has 0 atom stereocenters. The zero-order valence-electron chi connectivity index (χ0n) is 12.1. The molecule has 0 aliphatic rings. The van der Waals surface area contributed by atoms with Crippen molar-refractivity contribution in [1.29, 1.82) is 0 Å². The van der Waals surface area contributed by atoms with Crippen molar-refractivity contribution in [1.82, 2.24) is 29.4 Å². The van der Waals surface area contributed by atoms with Gasteiger partial charge < -0.3 is 0 Å². The van der Waals surface area contributed by atoms with E-state index >= 15 is 0 Å². The number of aromatic nitrogens is 6. The lowest BCUT2D eigenvalue weighted by molar-refractivity contribution is 0.905. The number of nitrogens with zero attached hydrogens (tertiary/aromatic N) is 6. The van der Waals surface area contributed by atoms with Crippen molar-refractivity contribution in [3.05, 3.63) is 58.3 Å². The van der Waals surface area contributed by atoms with Gasteiger partial charge in [-0.2, -0.15) is 9.50 Å². The highest BCUT2D eigenvalue weighted by Crippen LogP contribution is 2.11. The Labute approximate surface area is 124 Å². The van der Waals surface area contributed by atoms with Crippen LogP contribution in [0.4, 0.5) is 0 Å². The lowest BCUT2D eigenvalue weighted by Crippen LogP contribution is -2.20. The average molecular weight is 292 g/mol. The van der Waals surface area contributed by atoms with Crippen LogP contribution in [-0.4, -0.2) is 29.4 Å². The van der Waals surface area contributed by atoms with Crippen LogP contribution in [0.5, 0.6) is 0 Å². The normalized spacial score (nSPS) is 11.4. The molecule has 0 fully saturated rings. The predicted octanol–water partition coefficient (Wildman–Crippen LogP) is 1.44. The topological polar surface area (TPSA) is 78.0 Å². The minimum atomic E-state index is -0.232. The molecule has 7 nitrogen and oxygen atoms in total. The highest BCUT2D eigenvalue weighted by molar-refractivity contribution is 5.74. The second-order valence-corrected chi connectivity index (χ2v) is 5.13. The summed E-state index contributed by atoms with van der Waals surface area (Å²) in [4.78, 5) is 16.8. The SMILES string of the molecule is Cc1ccc(-n2ccc3c(nnc4nc(C)nn43)c2=O)cc1. The monoisotopic (exact) mass is 292 g/mol. The minimum absolute atomic E-state index is 0.232. The van der Waals surface area contributed by atoms with Crippen LogP contribution in [-0.2, 0) is 0 Å². The maximum absolute atomic E-state index is 12.7. The summed E-state index contributed by atoms with van der Waals surface area (Å²) in [5.41, 5.74) is 2.55. The first kappa shape index (κ1) is 12.6. The van der Waals surface area contributed by atoms with E-state index in [1.165, 1.54) is 0 Å². The Bertz CT molecular complexity index is 1060. The summed E-state index contributed by atoms with van der Waals surface area (Å²) >= 11 is 0. The summed E-state index contributed by atoms with van der Waals surface area (Å²) in [6.07, 6.45) is 1.72. The Hall–Kier alpha value is -3.09. The minimum Gasteiger partial charge on any atom is -0.282 e. The van der Waals surface area contributed by atoms with E-state index < -0.39 is 0 Å². The molecule has 108 valence electrons. The molecule has 3 heterocycles. The Balaban J connectivity index is 2.03. The molecule has 22 heavy (non-hydrogen) atoms. The molecule has 0 saturated carbocycles. The van der Waals surface area contributed by atoms with Crippen LogP contribution < -0.4 is 5.56 Å². The lowest BCUT2D eigenvalue weighted by Gasteiger charge is -2.07. The summed E-state index contributed by atoms with van der Waals surface area (Å²) in [7, 11) is 0. The molecule has 0 aliphatic carbocycles. The fourth-order valence-corrected chi connectivity index (χ4v) is 2.41. The Morgan fingerprint density at radius 2 is 1.77 bits per heavy atom. The molecule has 1 aromatic carbocycles. The van der Waals surface area contributed by atoms with Gasteiger partial charge in [-0.15, -0.1) is 15.3 Å². The van der Waals surface area contributed by atoms with Gasteiger partial charge in [0.1, 0.15) is 11.3 Å². The van der Waals surface area contributed by atoms with E-state index in [2.05, 4.69) is 20.3 Å². The number of fused-ring (bicyclic) bond motifs is 3. The van der Waals surface area contributed by atoms with Gasteiger partial charge in [-0.1, -0.05) is 17.7 Å². The van der Waals surface area contributed by atoms with Gasteiger partial charge in [-0.3, -0.25) is 9.36 Å². The summed E-state index contributed by atoms with van der Waals surface area (Å²) in [5.74, 6) is 0.974. The summed E-state index contributed by atoms with van der Waals surface area (Å²) in [6, 6.07) is 9.51. The quantitative estimate of drug-likeness (QED) is 0.530. The van der Waals surface area contributed by atoms with Gasteiger partial charge in [0, 0.05) is 11.9 Å². The first-order valence-electron chi connectivity index (χ1n) is 6.82. The van der Waals surface area contributed by atoms with Gasteiger partial charge in [0.2, 0.25) is 0 Å². The molecule has 0 radical (unpaired) electrons. The molecular weight excluding hydrogens is 280 g/mol. The molecule has 3 aromatic heterocycles. The molecule has 0 N–H and O–H groups in total. The molecule has 7 heteroatoms. The van der Waals surface area contributed by atoms with Crippen LogP contribution in [0.1, 0.15) is 11.4 Å². The van der Waals surface area contributed by atoms with E-state index in [0.29, 0.717) is 17.1 Å². The number of hydrogen-bond acceptors (Lipinski definition) is 5. The second kappa shape index (κ2) is 4.45. The van der Waals surface area contributed by atoms with Gasteiger partial charge in [0.25, 0.3) is 11.3 Å². The first-order valence-corrected chi connectivity index (χ1v) is 6.82.